The van der Waals surface area contributed by atoms with E-state index in [2.05, 4.69) is 181 Å². The number of rotatable bonds is 6. The van der Waals surface area contributed by atoms with Crippen molar-refractivity contribution in [1.29, 1.82) is 0 Å². The SMILES string of the molecule is c1ccc(-c2cccc(-c3ccc(N(c4ccc5oc6ccccc6c5c4)c4ccc5sc6ccccc6c5c4)c(-c4ccccc4)c3)c2)cc1. The topological polar surface area (TPSA) is 16.4 Å². The molecule has 2 aromatic heterocycles. The van der Waals surface area contributed by atoms with Crippen LogP contribution >= 0.6 is 11.3 Å². The molecule has 0 saturated heterocycles. The first-order valence-corrected chi connectivity index (χ1v) is 18.1. The third kappa shape index (κ3) is 5.18. The molecule has 0 aliphatic heterocycles. The van der Waals surface area contributed by atoms with E-state index in [1.807, 2.05) is 23.5 Å². The van der Waals surface area contributed by atoms with Crippen molar-refractivity contribution in [2.24, 2.45) is 0 Å². The summed E-state index contributed by atoms with van der Waals surface area (Å²) in [5, 5.41) is 4.77. The van der Waals surface area contributed by atoms with Crippen LogP contribution in [0.1, 0.15) is 0 Å². The summed E-state index contributed by atoms with van der Waals surface area (Å²) in [4.78, 5) is 2.42. The number of fused-ring (bicyclic) bond motifs is 6. The lowest BCUT2D eigenvalue weighted by molar-refractivity contribution is 0.669. The second kappa shape index (κ2) is 12.2. The van der Waals surface area contributed by atoms with E-state index in [1.165, 1.54) is 42.4 Å². The number of para-hydroxylation sites is 1. The standard InChI is InChI=1S/C48H31NOS/c1-3-12-32(13-4-1)34-16-11-17-35(28-34)36-22-25-44(41(29-36)33-14-5-2-6-15-33)49(37-23-26-46-42(30-37)39-18-7-9-20-45(39)50-46)38-24-27-48-43(31-38)40-19-8-10-21-47(40)51-48/h1-31H. The minimum Gasteiger partial charge on any atom is -0.456 e. The number of hydrogen-bond donors (Lipinski definition) is 0. The van der Waals surface area contributed by atoms with Crippen LogP contribution in [-0.2, 0) is 0 Å². The molecule has 0 atom stereocenters. The van der Waals surface area contributed by atoms with Crippen LogP contribution in [0.5, 0.6) is 0 Å². The van der Waals surface area contributed by atoms with Gasteiger partial charge in [-0.25, -0.2) is 0 Å². The van der Waals surface area contributed by atoms with Gasteiger partial charge in [0.2, 0.25) is 0 Å². The molecule has 0 spiro atoms. The summed E-state index contributed by atoms with van der Waals surface area (Å²) in [6.07, 6.45) is 0. The summed E-state index contributed by atoms with van der Waals surface area (Å²) in [6.45, 7) is 0. The Labute approximate surface area is 300 Å². The zero-order valence-electron chi connectivity index (χ0n) is 27.7. The fraction of sp³-hybridized carbons (Fsp3) is 0. The Morgan fingerprint density at radius 1 is 0.353 bits per heavy atom. The number of nitrogens with zero attached hydrogens (tertiary/aromatic N) is 1. The molecule has 10 rings (SSSR count). The first-order valence-electron chi connectivity index (χ1n) is 17.2. The molecule has 0 saturated carbocycles. The number of anilines is 3. The van der Waals surface area contributed by atoms with Gasteiger partial charge in [0, 0.05) is 47.9 Å². The van der Waals surface area contributed by atoms with Crippen LogP contribution in [0.4, 0.5) is 17.1 Å². The zero-order valence-corrected chi connectivity index (χ0v) is 28.5. The molecule has 0 bridgehead atoms. The van der Waals surface area contributed by atoms with Crippen molar-refractivity contribution < 1.29 is 4.42 Å². The van der Waals surface area contributed by atoms with Gasteiger partial charge in [0.05, 0.1) is 5.69 Å². The Hall–Kier alpha value is -6.42. The lowest BCUT2D eigenvalue weighted by atomic mass is 9.94. The lowest BCUT2D eigenvalue weighted by Crippen LogP contribution is -2.11. The van der Waals surface area contributed by atoms with Gasteiger partial charge in [0.25, 0.3) is 0 Å². The Kier molecular flexibility index (Phi) is 7.04. The first kappa shape index (κ1) is 29.5. The molecule has 8 aromatic carbocycles. The third-order valence-corrected chi connectivity index (χ3v) is 11.0. The minimum atomic E-state index is 0.885. The van der Waals surface area contributed by atoms with E-state index in [0.29, 0.717) is 0 Å². The highest BCUT2D eigenvalue weighted by atomic mass is 32.1. The van der Waals surface area contributed by atoms with Crippen molar-refractivity contribution in [3.63, 3.8) is 0 Å². The normalized spacial score (nSPS) is 11.5. The van der Waals surface area contributed by atoms with Crippen LogP contribution in [0.3, 0.4) is 0 Å². The number of benzene rings is 8. The molecule has 0 aliphatic carbocycles. The summed E-state index contributed by atoms with van der Waals surface area (Å²) in [6, 6.07) is 67.6. The molecule has 2 nitrogen and oxygen atoms in total. The molecule has 3 heteroatoms. The van der Waals surface area contributed by atoms with Crippen LogP contribution in [0.25, 0.3) is 75.5 Å². The average molecular weight is 670 g/mol. The number of furan rings is 1. The van der Waals surface area contributed by atoms with Crippen LogP contribution in [0.15, 0.2) is 192 Å². The Morgan fingerprint density at radius 3 is 1.76 bits per heavy atom. The van der Waals surface area contributed by atoms with Crippen LogP contribution in [0, 0.1) is 0 Å². The Morgan fingerprint density at radius 2 is 0.941 bits per heavy atom. The largest absolute Gasteiger partial charge is 0.456 e. The van der Waals surface area contributed by atoms with Gasteiger partial charge in [-0.3, -0.25) is 0 Å². The minimum absolute atomic E-state index is 0.885. The Balaban J connectivity index is 1.21. The third-order valence-electron chi connectivity index (χ3n) is 9.86. The van der Waals surface area contributed by atoms with Gasteiger partial charge in [-0.15, -0.1) is 11.3 Å². The van der Waals surface area contributed by atoms with E-state index in [0.717, 1.165) is 50.1 Å². The smallest absolute Gasteiger partial charge is 0.135 e. The first-order chi connectivity index (χ1) is 25.3. The molecular formula is C48H31NOS. The van der Waals surface area contributed by atoms with E-state index in [9.17, 15) is 0 Å². The van der Waals surface area contributed by atoms with Gasteiger partial charge in [-0.05, 0) is 94.5 Å². The maximum atomic E-state index is 6.28. The molecule has 51 heavy (non-hydrogen) atoms. The second-order valence-electron chi connectivity index (χ2n) is 12.9. The van der Waals surface area contributed by atoms with Crippen molar-refractivity contribution in [3.8, 4) is 33.4 Å². The average Bonchev–Trinajstić information content (AvgIpc) is 3.77. The quantitative estimate of drug-likeness (QED) is 0.175. The summed E-state index contributed by atoms with van der Waals surface area (Å²) in [5.41, 5.74) is 12.2. The van der Waals surface area contributed by atoms with Gasteiger partial charge in [-0.1, -0.05) is 121 Å². The van der Waals surface area contributed by atoms with E-state index in [1.54, 1.807) is 0 Å². The number of thiophene rings is 1. The van der Waals surface area contributed by atoms with Gasteiger partial charge < -0.3 is 9.32 Å². The van der Waals surface area contributed by atoms with Crippen molar-refractivity contribution in [2.45, 2.75) is 0 Å². The van der Waals surface area contributed by atoms with E-state index in [4.69, 9.17) is 4.42 Å². The molecule has 0 amide bonds. The lowest BCUT2D eigenvalue weighted by Gasteiger charge is -2.28. The van der Waals surface area contributed by atoms with E-state index < -0.39 is 0 Å². The predicted octanol–water partition coefficient (Wildman–Crippen LogP) is 14.4. The van der Waals surface area contributed by atoms with Crippen molar-refractivity contribution in [1.82, 2.24) is 0 Å². The summed E-state index contributed by atoms with van der Waals surface area (Å²) in [5.74, 6) is 0. The van der Waals surface area contributed by atoms with Crippen LogP contribution in [0.2, 0.25) is 0 Å². The zero-order chi connectivity index (χ0) is 33.7. The molecule has 240 valence electrons. The van der Waals surface area contributed by atoms with Crippen molar-refractivity contribution in [3.05, 3.63) is 188 Å². The molecule has 0 radical (unpaired) electrons. The maximum absolute atomic E-state index is 6.28. The molecule has 0 fully saturated rings. The highest BCUT2D eigenvalue weighted by Crippen LogP contribution is 2.46. The highest BCUT2D eigenvalue weighted by molar-refractivity contribution is 7.25. The van der Waals surface area contributed by atoms with Crippen LogP contribution < -0.4 is 4.90 Å². The molecular weight excluding hydrogens is 639 g/mol. The van der Waals surface area contributed by atoms with Crippen molar-refractivity contribution >= 4 is 70.5 Å². The highest BCUT2D eigenvalue weighted by Gasteiger charge is 2.21. The second-order valence-corrected chi connectivity index (χ2v) is 14.0. The van der Waals surface area contributed by atoms with Gasteiger partial charge in [0.1, 0.15) is 11.2 Å². The Bertz CT molecular complexity index is 2750. The molecule has 10 aromatic rings. The van der Waals surface area contributed by atoms with E-state index in [-0.39, 0.29) is 0 Å². The van der Waals surface area contributed by atoms with Crippen molar-refractivity contribution in [2.75, 3.05) is 4.90 Å². The maximum Gasteiger partial charge on any atom is 0.135 e. The summed E-state index contributed by atoms with van der Waals surface area (Å²) >= 11 is 1.85. The van der Waals surface area contributed by atoms with Gasteiger partial charge >= 0.3 is 0 Å². The molecule has 0 aliphatic rings. The number of hydrogen-bond acceptors (Lipinski definition) is 3. The van der Waals surface area contributed by atoms with E-state index >= 15 is 0 Å². The molecule has 0 unspecified atom stereocenters. The molecule has 2 heterocycles. The fourth-order valence-corrected chi connectivity index (χ4v) is 8.49. The predicted molar refractivity (Wildman–Crippen MR) is 218 cm³/mol. The monoisotopic (exact) mass is 669 g/mol. The summed E-state index contributed by atoms with van der Waals surface area (Å²) in [7, 11) is 0. The van der Waals surface area contributed by atoms with Gasteiger partial charge in [-0.2, -0.15) is 0 Å². The van der Waals surface area contributed by atoms with Crippen LogP contribution in [-0.4, -0.2) is 0 Å². The fourth-order valence-electron chi connectivity index (χ4n) is 7.40. The summed E-state index contributed by atoms with van der Waals surface area (Å²) < 4.78 is 8.86. The molecule has 0 N–H and O–H groups in total. The van der Waals surface area contributed by atoms with Gasteiger partial charge in [0.15, 0.2) is 0 Å².